The molecule has 0 aliphatic heterocycles. The molecule has 0 bridgehead atoms. The largest absolute Gasteiger partial charge is 0.450 e. The number of carbonyl (C=O) groups is 2. The zero-order valence-electron chi connectivity index (χ0n) is 10.0. The van der Waals surface area contributed by atoms with Crippen molar-refractivity contribution in [1.82, 2.24) is 5.32 Å². The molecular formula is C12H15BrN2O3. The Morgan fingerprint density at radius 1 is 1.28 bits per heavy atom. The van der Waals surface area contributed by atoms with Crippen molar-refractivity contribution in [1.29, 1.82) is 0 Å². The Kier molecular flexibility index (Phi) is 6.21. The van der Waals surface area contributed by atoms with Gasteiger partial charge in [0.05, 0.1) is 6.61 Å². The lowest BCUT2D eigenvalue weighted by molar-refractivity contribution is -0.116. The SMILES string of the molecule is CCOC(=O)NCCC(=O)Nc1ccc(Br)cc1. The second-order valence-corrected chi connectivity index (χ2v) is 4.37. The molecule has 5 nitrogen and oxygen atoms in total. The van der Waals surface area contributed by atoms with Crippen molar-refractivity contribution in [3.8, 4) is 0 Å². The van der Waals surface area contributed by atoms with Crippen LogP contribution in [-0.2, 0) is 9.53 Å². The second kappa shape index (κ2) is 7.71. The molecule has 0 atom stereocenters. The van der Waals surface area contributed by atoms with E-state index >= 15 is 0 Å². The van der Waals surface area contributed by atoms with Gasteiger partial charge in [0.2, 0.25) is 5.91 Å². The Hall–Kier alpha value is -1.56. The third kappa shape index (κ3) is 5.67. The number of ether oxygens (including phenoxy) is 1. The van der Waals surface area contributed by atoms with Gasteiger partial charge < -0.3 is 15.4 Å². The van der Waals surface area contributed by atoms with E-state index < -0.39 is 6.09 Å². The van der Waals surface area contributed by atoms with Gasteiger partial charge in [-0.25, -0.2) is 4.79 Å². The number of hydrogen-bond donors (Lipinski definition) is 2. The summed E-state index contributed by atoms with van der Waals surface area (Å²) in [5.41, 5.74) is 0.722. The van der Waals surface area contributed by atoms with Crippen LogP contribution < -0.4 is 10.6 Å². The molecule has 6 heteroatoms. The molecular weight excluding hydrogens is 300 g/mol. The van der Waals surface area contributed by atoms with Crippen LogP contribution in [0.15, 0.2) is 28.7 Å². The second-order valence-electron chi connectivity index (χ2n) is 3.45. The predicted octanol–water partition coefficient (Wildman–Crippen LogP) is 2.52. The van der Waals surface area contributed by atoms with E-state index in [-0.39, 0.29) is 18.9 Å². The molecule has 0 aliphatic carbocycles. The Labute approximate surface area is 114 Å². The number of benzene rings is 1. The number of alkyl carbamates (subject to hydrolysis) is 1. The molecule has 98 valence electrons. The molecule has 0 saturated heterocycles. The molecule has 0 heterocycles. The average Bonchev–Trinajstić information content (AvgIpc) is 2.32. The van der Waals surface area contributed by atoms with Crippen LogP contribution in [0.2, 0.25) is 0 Å². The molecule has 0 spiro atoms. The number of amides is 2. The minimum Gasteiger partial charge on any atom is -0.450 e. The smallest absolute Gasteiger partial charge is 0.407 e. The van der Waals surface area contributed by atoms with E-state index in [0.29, 0.717) is 6.61 Å². The van der Waals surface area contributed by atoms with Crippen LogP contribution in [0.5, 0.6) is 0 Å². The molecule has 0 unspecified atom stereocenters. The summed E-state index contributed by atoms with van der Waals surface area (Å²) in [5.74, 6) is -0.158. The lowest BCUT2D eigenvalue weighted by atomic mass is 10.3. The number of halogens is 1. The standard InChI is InChI=1S/C12H15BrN2O3/c1-2-18-12(17)14-8-7-11(16)15-10-5-3-9(13)4-6-10/h3-6H,2,7-8H2,1H3,(H,14,17)(H,15,16). The third-order valence-electron chi connectivity index (χ3n) is 2.02. The van der Waals surface area contributed by atoms with Gasteiger partial charge in [-0.2, -0.15) is 0 Å². The lowest BCUT2D eigenvalue weighted by Crippen LogP contribution is -2.28. The predicted molar refractivity (Wildman–Crippen MR) is 72.4 cm³/mol. The van der Waals surface area contributed by atoms with Crippen LogP contribution in [0.25, 0.3) is 0 Å². The van der Waals surface area contributed by atoms with Crippen molar-refractivity contribution >= 4 is 33.6 Å². The minimum atomic E-state index is -0.506. The Balaban J connectivity index is 2.25. The van der Waals surface area contributed by atoms with Gasteiger partial charge in [0.15, 0.2) is 0 Å². The molecule has 18 heavy (non-hydrogen) atoms. The Morgan fingerprint density at radius 3 is 2.56 bits per heavy atom. The number of anilines is 1. The molecule has 2 amide bonds. The average molecular weight is 315 g/mol. The van der Waals surface area contributed by atoms with Crippen molar-refractivity contribution in [2.75, 3.05) is 18.5 Å². The maximum atomic E-state index is 11.5. The molecule has 0 aromatic heterocycles. The van der Waals surface area contributed by atoms with E-state index in [1.807, 2.05) is 12.1 Å². The molecule has 0 radical (unpaired) electrons. The van der Waals surface area contributed by atoms with E-state index in [1.165, 1.54) is 0 Å². The normalized spacial score (nSPS) is 9.67. The van der Waals surface area contributed by atoms with Crippen LogP contribution in [0.3, 0.4) is 0 Å². The molecule has 1 aromatic carbocycles. The van der Waals surface area contributed by atoms with Gasteiger partial charge in [-0.05, 0) is 31.2 Å². The first-order valence-corrected chi connectivity index (χ1v) is 6.37. The van der Waals surface area contributed by atoms with Crippen molar-refractivity contribution < 1.29 is 14.3 Å². The van der Waals surface area contributed by atoms with Gasteiger partial charge in [-0.15, -0.1) is 0 Å². The third-order valence-corrected chi connectivity index (χ3v) is 2.55. The van der Waals surface area contributed by atoms with Crippen molar-refractivity contribution in [3.05, 3.63) is 28.7 Å². The molecule has 0 fully saturated rings. The van der Waals surface area contributed by atoms with Gasteiger partial charge in [0, 0.05) is 23.1 Å². The highest BCUT2D eigenvalue weighted by atomic mass is 79.9. The summed E-state index contributed by atoms with van der Waals surface area (Å²) in [7, 11) is 0. The minimum absolute atomic E-state index is 0.158. The summed E-state index contributed by atoms with van der Waals surface area (Å²) in [6.07, 6.45) is -0.302. The first kappa shape index (κ1) is 14.5. The highest BCUT2D eigenvalue weighted by molar-refractivity contribution is 9.10. The highest BCUT2D eigenvalue weighted by Crippen LogP contribution is 2.14. The van der Waals surface area contributed by atoms with Crippen LogP contribution in [0.4, 0.5) is 10.5 Å². The fourth-order valence-electron chi connectivity index (χ4n) is 1.22. The van der Waals surface area contributed by atoms with Crippen LogP contribution >= 0.6 is 15.9 Å². The summed E-state index contributed by atoms with van der Waals surface area (Å²) >= 11 is 3.31. The van der Waals surface area contributed by atoms with Gasteiger partial charge in [-0.1, -0.05) is 15.9 Å². The molecule has 1 aromatic rings. The molecule has 2 N–H and O–H groups in total. The van der Waals surface area contributed by atoms with Gasteiger partial charge in [0.25, 0.3) is 0 Å². The van der Waals surface area contributed by atoms with E-state index in [1.54, 1.807) is 19.1 Å². The fourth-order valence-corrected chi connectivity index (χ4v) is 1.48. The number of nitrogens with one attached hydrogen (secondary N) is 2. The van der Waals surface area contributed by atoms with Crippen LogP contribution in [0, 0.1) is 0 Å². The number of carbonyl (C=O) groups excluding carboxylic acids is 2. The fraction of sp³-hybridized carbons (Fsp3) is 0.333. The van der Waals surface area contributed by atoms with Gasteiger partial charge in [0.1, 0.15) is 0 Å². The zero-order chi connectivity index (χ0) is 13.4. The highest BCUT2D eigenvalue weighted by Gasteiger charge is 2.04. The summed E-state index contributed by atoms with van der Waals surface area (Å²) in [4.78, 5) is 22.5. The first-order valence-electron chi connectivity index (χ1n) is 5.58. The lowest BCUT2D eigenvalue weighted by Gasteiger charge is -2.06. The Bertz CT molecular complexity index is 406. The van der Waals surface area contributed by atoms with Crippen molar-refractivity contribution in [3.63, 3.8) is 0 Å². The molecule has 0 aliphatic rings. The quantitative estimate of drug-likeness (QED) is 0.877. The van der Waals surface area contributed by atoms with Crippen LogP contribution in [0.1, 0.15) is 13.3 Å². The summed E-state index contributed by atoms with van der Waals surface area (Å²) in [6.45, 7) is 2.29. The van der Waals surface area contributed by atoms with E-state index in [4.69, 9.17) is 0 Å². The van der Waals surface area contributed by atoms with Gasteiger partial charge in [-0.3, -0.25) is 4.79 Å². The summed E-state index contributed by atoms with van der Waals surface area (Å²) in [6, 6.07) is 7.26. The number of hydrogen-bond acceptors (Lipinski definition) is 3. The molecule has 0 saturated carbocycles. The maximum absolute atomic E-state index is 11.5. The van der Waals surface area contributed by atoms with E-state index in [9.17, 15) is 9.59 Å². The maximum Gasteiger partial charge on any atom is 0.407 e. The zero-order valence-corrected chi connectivity index (χ0v) is 11.6. The van der Waals surface area contributed by atoms with Gasteiger partial charge >= 0.3 is 6.09 Å². The molecule has 1 rings (SSSR count). The first-order chi connectivity index (χ1) is 8.61. The summed E-state index contributed by atoms with van der Waals surface area (Å²) < 4.78 is 5.62. The monoisotopic (exact) mass is 314 g/mol. The van der Waals surface area contributed by atoms with E-state index in [0.717, 1.165) is 10.2 Å². The van der Waals surface area contributed by atoms with Crippen LogP contribution in [-0.4, -0.2) is 25.2 Å². The topological polar surface area (TPSA) is 67.4 Å². The number of rotatable bonds is 5. The Morgan fingerprint density at radius 2 is 1.94 bits per heavy atom. The van der Waals surface area contributed by atoms with E-state index in [2.05, 4.69) is 31.3 Å². The van der Waals surface area contributed by atoms with Crippen molar-refractivity contribution in [2.24, 2.45) is 0 Å². The van der Waals surface area contributed by atoms with Crippen molar-refractivity contribution in [2.45, 2.75) is 13.3 Å². The summed E-state index contributed by atoms with van der Waals surface area (Å²) in [5, 5.41) is 5.20.